The summed E-state index contributed by atoms with van der Waals surface area (Å²) in [7, 11) is 0. The van der Waals surface area contributed by atoms with Crippen molar-refractivity contribution in [2.24, 2.45) is 10.7 Å². The Labute approximate surface area is 172 Å². The maximum atomic E-state index is 13.0. The minimum absolute atomic E-state index is 0.130. The lowest BCUT2D eigenvalue weighted by atomic mass is 10.2. The van der Waals surface area contributed by atoms with Crippen molar-refractivity contribution in [2.75, 3.05) is 44.2 Å². The Balaban J connectivity index is 1.41. The molecule has 8 heteroatoms. The molecule has 0 bridgehead atoms. The first-order chi connectivity index (χ1) is 13.5. The van der Waals surface area contributed by atoms with Gasteiger partial charge in [0.1, 0.15) is 5.82 Å². The van der Waals surface area contributed by atoms with E-state index in [9.17, 15) is 9.18 Å². The number of rotatable bonds is 5. The Hall–Kier alpha value is -2.61. The summed E-state index contributed by atoms with van der Waals surface area (Å²) < 4.78 is 14.0. The molecule has 28 heavy (non-hydrogen) atoms. The van der Waals surface area contributed by atoms with Crippen molar-refractivity contribution in [2.45, 2.75) is 0 Å². The molecule has 148 valence electrons. The quantitative estimate of drug-likeness (QED) is 0.419. The molecule has 1 aliphatic heterocycles. The van der Waals surface area contributed by atoms with Crippen LogP contribution in [0.3, 0.4) is 0 Å². The number of nitrogens with zero attached hydrogens (tertiary/aromatic N) is 3. The smallest absolute Gasteiger partial charge is 0.251 e. The third kappa shape index (κ3) is 5.45. The fourth-order valence-corrected chi connectivity index (χ4v) is 3.25. The van der Waals surface area contributed by atoms with E-state index in [-0.39, 0.29) is 11.7 Å². The molecule has 0 saturated carbocycles. The standard InChI is InChI=1S/C20H23BrFN5O/c21-16-3-1-15(2-4-16)19(28)24-9-10-25-20(23)27-13-11-26(12-14-27)18-7-5-17(22)6-8-18/h1-8H,9-14H2,(H2,23,25)(H,24,28). The van der Waals surface area contributed by atoms with Crippen molar-refractivity contribution in [3.63, 3.8) is 0 Å². The van der Waals surface area contributed by atoms with Crippen LogP contribution in [0.5, 0.6) is 0 Å². The van der Waals surface area contributed by atoms with Gasteiger partial charge in [0.05, 0.1) is 6.54 Å². The molecule has 3 rings (SSSR count). The lowest BCUT2D eigenvalue weighted by molar-refractivity contribution is 0.0954. The van der Waals surface area contributed by atoms with E-state index in [0.717, 1.165) is 36.3 Å². The Kier molecular flexibility index (Phi) is 6.86. The van der Waals surface area contributed by atoms with Gasteiger partial charge in [-0.1, -0.05) is 15.9 Å². The van der Waals surface area contributed by atoms with Crippen LogP contribution in [0.1, 0.15) is 10.4 Å². The normalized spacial score (nSPS) is 14.9. The number of benzene rings is 2. The minimum Gasteiger partial charge on any atom is -0.370 e. The average molecular weight is 448 g/mol. The van der Waals surface area contributed by atoms with E-state index in [1.165, 1.54) is 12.1 Å². The zero-order chi connectivity index (χ0) is 19.9. The van der Waals surface area contributed by atoms with E-state index < -0.39 is 0 Å². The Morgan fingerprint density at radius 3 is 2.36 bits per heavy atom. The number of nitrogens with one attached hydrogen (secondary N) is 1. The van der Waals surface area contributed by atoms with Gasteiger partial charge < -0.3 is 20.9 Å². The molecule has 1 aliphatic rings. The number of carbonyl (C=O) groups is 1. The van der Waals surface area contributed by atoms with Crippen LogP contribution in [0.25, 0.3) is 0 Å². The highest BCUT2D eigenvalue weighted by Gasteiger charge is 2.18. The van der Waals surface area contributed by atoms with Gasteiger partial charge in [-0.15, -0.1) is 0 Å². The number of halogens is 2. The molecule has 1 saturated heterocycles. The number of amides is 1. The monoisotopic (exact) mass is 447 g/mol. The molecule has 0 atom stereocenters. The van der Waals surface area contributed by atoms with Crippen LogP contribution in [0.4, 0.5) is 10.1 Å². The highest BCUT2D eigenvalue weighted by Crippen LogP contribution is 2.16. The summed E-state index contributed by atoms with van der Waals surface area (Å²) >= 11 is 3.35. The van der Waals surface area contributed by atoms with Gasteiger partial charge in [0.25, 0.3) is 5.91 Å². The van der Waals surface area contributed by atoms with E-state index in [2.05, 4.69) is 31.1 Å². The highest BCUT2D eigenvalue weighted by molar-refractivity contribution is 9.10. The average Bonchev–Trinajstić information content (AvgIpc) is 2.72. The van der Waals surface area contributed by atoms with Crippen molar-refractivity contribution in [1.82, 2.24) is 10.2 Å². The number of guanidine groups is 1. The molecule has 1 fully saturated rings. The third-order valence-corrected chi connectivity index (χ3v) is 5.10. The minimum atomic E-state index is -0.231. The number of hydrogen-bond acceptors (Lipinski definition) is 3. The Morgan fingerprint density at radius 2 is 1.71 bits per heavy atom. The van der Waals surface area contributed by atoms with Crippen molar-refractivity contribution in [3.05, 3.63) is 64.4 Å². The molecule has 3 N–H and O–H groups in total. The first kappa shape index (κ1) is 20.1. The lowest BCUT2D eigenvalue weighted by Crippen LogP contribution is -2.51. The predicted octanol–water partition coefficient (Wildman–Crippen LogP) is 2.45. The molecule has 2 aromatic carbocycles. The molecule has 0 radical (unpaired) electrons. The third-order valence-electron chi connectivity index (χ3n) is 4.57. The van der Waals surface area contributed by atoms with Crippen molar-refractivity contribution < 1.29 is 9.18 Å². The van der Waals surface area contributed by atoms with Crippen LogP contribution in [0.15, 0.2) is 58.0 Å². The lowest BCUT2D eigenvalue weighted by Gasteiger charge is -2.36. The number of carbonyl (C=O) groups excluding carboxylic acids is 1. The summed E-state index contributed by atoms with van der Waals surface area (Å²) in [6, 6.07) is 13.7. The van der Waals surface area contributed by atoms with Crippen LogP contribution >= 0.6 is 15.9 Å². The van der Waals surface area contributed by atoms with Gasteiger partial charge in [-0.25, -0.2) is 4.39 Å². The predicted molar refractivity (Wildman–Crippen MR) is 113 cm³/mol. The number of aliphatic imine (C=N–C) groups is 1. The van der Waals surface area contributed by atoms with Gasteiger partial charge >= 0.3 is 0 Å². The molecule has 0 spiro atoms. The van der Waals surface area contributed by atoms with Crippen molar-refractivity contribution in [1.29, 1.82) is 0 Å². The van der Waals surface area contributed by atoms with Gasteiger partial charge in [0.15, 0.2) is 5.96 Å². The molecule has 1 heterocycles. The van der Waals surface area contributed by atoms with E-state index in [4.69, 9.17) is 5.73 Å². The van der Waals surface area contributed by atoms with Crippen molar-refractivity contribution >= 4 is 33.5 Å². The van der Waals surface area contributed by atoms with E-state index in [1.807, 2.05) is 17.0 Å². The number of nitrogens with two attached hydrogens (primary N) is 1. The summed E-state index contributed by atoms with van der Waals surface area (Å²) in [5, 5.41) is 2.84. The summed E-state index contributed by atoms with van der Waals surface area (Å²) in [4.78, 5) is 20.6. The van der Waals surface area contributed by atoms with Gasteiger partial charge in [-0.2, -0.15) is 0 Å². The highest BCUT2D eigenvalue weighted by atomic mass is 79.9. The second-order valence-corrected chi connectivity index (χ2v) is 7.37. The van der Waals surface area contributed by atoms with Crippen LogP contribution in [0, 0.1) is 5.82 Å². The van der Waals surface area contributed by atoms with Crippen molar-refractivity contribution in [3.8, 4) is 0 Å². The van der Waals surface area contributed by atoms with Gasteiger partial charge in [-0.3, -0.25) is 9.79 Å². The summed E-state index contributed by atoms with van der Waals surface area (Å²) in [6.45, 7) is 3.93. The SMILES string of the molecule is NC(=NCCNC(=O)c1ccc(Br)cc1)N1CCN(c2ccc(F)cc2)CC1. The second-order valence-electron chi connectivity index (χ2n) is 6.45. The van der Waals surface area contributed by atoms with Gasteiger partial charge in [0.2, 0.25) is 0 Å². The Bertz CT molecular complexity index is 817. The summed E-state index contributed by atoms with van der Waals surface area (Å²) in [6.07, 6.45) is 0. The van der Waals surface area contributed by atoms with Gasteiger partial charge in [-0.05, 0) is 48.5 Å². The first-order valence-corrected chi connectivity index (χ1v) is 9.91. The Morgan fingerprint density at radius 1 is 1.07 bits per heavy atom. The molecule has 0 aromatic heterocycles. The van der Waals surface area contributed by atoms with Crippen LogP contribution < -0.4 is 16.0 Å². The second kappa shape index (κ2) is 9.54. The molecule has 2 aromatic rings. The van der Waals surface area contributed by atoms with E-state index in [0.29, 0.717) is 24.6 Å². The van der Waals surface area contributed by atoms with E-state index in [1.54, 1.807) is 24.3 Å². The summed E-state index contributed by atoms with van der Waals surface area (Å²) in [5.74, 6) is 0.122. The van der Waals surface area contributed by atoms with Crippen LogP contribution in [-0.2, 0) is 0 Å². The molecule has 6 nitrogen and oxygen atoms in total. The fourth-order valence-electron chi connectivity index (χ4n) is 2.99. The number of anilines is 1. The van der Waals surface area contributed by atoms with E-state index >= 15 is 0 Å². The molecular formula is C20H23BrFN5O. The molecule has 0 unspecified atom stereocenters. The topological polar surface area (TPSA) is 74.0 Å². The van der Waals surface area contributed by atoms with Gasteiger partial charge in [0, 0.05) is 48.4 Å². The van der Waals surface area contributed by atoms with Crippen LogP contribution in [-0.4, -0.2) is 56.0 Å². The zero-order valence-electron chi connectivity index (χ0n) is 15.4. The van der Waals surface area contributed by atoms with Crippen LogP contribution in [0.2, 0.25) is 0 Å². The number of piperazine rings is 1. The molecule has 0 aliphatic carbocycles. The molecule has 1 amide bonds. The first-order valence-electron chi connectivity index (χ1n) is 9.12. The summed E-state index contributed by atoms with van der Waals surface area (Å²) in [5.41, 5.74) is 7.70. The number of hydrogen-bond donors (Lipinski definition) is 2. The molecular weight excluding hydrogens is 425 g/mol. The zero-order valence-corrected chi connectivity index (χ0v) is 17.0. The fraction of sp³-hybridized carbons (Fsp3) is 0.300. The largest absolute Gasteiger partial charge is 0.370 e. The maximum Gasteiger partial charge on any atom is 0.251 e. The maximum absolute atomic E-state index is 13.0.